The van der Waals surface area contributed by atoms with Crippen LogP contribution in [-0.2, 0) is 4.79 Å². The predicted molar refractivity (Wildman–Crippen MR) is 51.7 cm³/mol. The van der Waals surface area contributed by atoms with E-state index in [2.05, 4.69) is 0 Å². The number of carbonyl (C=O) groups excluding carboxylic acids is 1. The number of amides is 1. The van der Waals surface area contributed by atoms with E-state index in [4.69, 9.17) is 0 Å². The number of anilines is 1. The fraction of sp³-hybridized carbons (Fsp3) is 0.222. The largest absolute Gasteiger partial charge is 0.310 e. The summed E-state index contributed by atoms with van der Waals surface area (Å²) < 4.78 is 0. The van der Waals surface area contributed by atoms with Gasteiger partial charge < -0.3 is 4.90 Å². The van der Waals surface area contributed by atoms with Crippen LogP contribution in [0.5, 0.6) is 0 Å². The van der Waals surface area contributed by atoms with Crippen molar-refractivity contribution < 1.29 is 9.72 Å². The number of nitro groups is 1. The highest BCUT2D eigenvalue weighted by atomic mass is 16.6. The van der Waals surface area contributed by atoms with Gasteiger partial charge in [0.2, 0.25) is 0 Å². The van der Waals surface area contributed by atoms with Crippen molar-refractivity contribution in [1.29, 1.82) is 0 Å². The molecule has 1 aromatic rings. The molecule has 0 saturated carbocycles. The van der Waals surface area contributed by atoms with Crippen LogP contribution in [0.4, 0.5) is 5.69 Å². The Bertz CT molecular complexity index is 337. The lowest BCUT2D eigenvalue weighted by molar-refractivity contribution is -0.467. The molecule has 0 aliphatic carbocycles. The summed E-state index contributed by atoms with van der Waals surface area (Å²) in [4.78, 5) is 22.0. The van der Waals surface area contributed by atoms with E-state index in [1.807, 2.05) is 6.07 Å². The molecule has 74 valence electrons. The fourth-order valence-corrected chi connectivity index (χ4v) is 1.01. The summed E-state index contributed by atoms with van der Waals surface area (Å²) in [6.45, 7) is -0.675. The van der Waals surface area contributed by atoms with Gasteiger partial charge in [-0.25, -0.2) is 0 Å². The van der Waals surface area contributed by atoms with Gasteiger partial charge in [0.25, 0.3) is 12.5 Å². The van der Waals surface area contributed by atoms with Gasteiger partial charge in [0.1, 0.15) is 0 Å². The molecule has 0 fully saturated rings. The first-order valence-electron chi connectivity index (χ1n) is 4.04. The molecule has 0 aliphatic heterocycles. The van der Waals surface area contributed by atoms with Crippen molar-refractivity contribution in [3.63, 3.8) is 0 Å². The van der Waals surface area contributed by atoms with Gasteiger partial charge in [-0.15, -0.1) is 0 Å². The maximum atomic E-state index is 11.2. The Morgan fingerprint density at radius 2 is 2.00 bits per heavy atom. The van der Waals surface area contributed by atoms with Crippen molar-refractivity contribution in [2.75, 3.05) is 18.5 Å². The predicted octanol–water partition coefficient (Wildman–Crippen LogP) is 0.926. The third-order valence-corrected chi connectivity index (χ3v) is 1.78. The third-order valence-electron chi connectivity index (χ3n) is 1.78. The third kappa shape index (κ3) is 2.55. The molecule has 0 radical (unpaired) electrons. The summed E-state index contributed by atoms with van der Waals surface area (Å²) in [5.41, 5.74) is 0.652. The zero-order chi connectivity index (χ0) is 10.6. The summed E-state index contributed by atoms with van der Waals surface area (Å²) in [5, 5.41) is 10.1. The van der Waals surface area contributed by atoms with Crippen molar-refractivity contribution in [2.45, 2.75) is 0 Å². The van der Waals surface area contributed by atoms with Crippen molar-refractivity contribution in [3.05, 3.63) is 40.4 Å². The van der Waals surface area contributed by atoms with Crippen LogP contribution in [0.3, 0.4) is 0 Å². The molecule has 1 amide bonds. The first-order valence-corrected chi connectivity index (χ1v) is 4.04. The van der Waals surface area contributed by atoms with Crippen LogP contribution in [0.1, 0.15) is 0 Å². The molecule has 0 atom stereocenters. The van der Waals surface area contributed by atoms with Crippen LogP contribution >= 0.6 is 0 Å². The van der Waals surface area contributed by atoms with Crippen LogP contribution < -0.4 is 4.90 Å². The molecule has 1 rings (SSSR count). The molecular formula is C9H10N2O3. The minimum absolute atomic E-state index is 0.527. The molecule has 5 heteroatoms. The van der Waals surface area contributed by atoms with Crippen LogP contribution in [-0.4, -0.2) is 24.4 Å². The minimum atomic E-state index is -0.675. The Hall–Kier alpha value is -1.91. The van der Waals surface area contributed by atoms with E-state index in [0.29, 0.717) is 5.69 Å². The maximum absolute atomic E-state index is 11.2. The molecule has 0 aliphatic rings. The SMILES string of the molecule is CN(C(=O)C[N+](=O)[O-])c1ccccc1. The average Bonchev–Trinajstić information content (AvgIpc) is 2.17. The van der Waals surface area contributed by atoms with E-state index < -0.39 is 17.4 Å². The van der Waals surface area contributed by atoms with Crippen molar-refractivity contribution >= 4 is 11.6 Å². The second kappa shape index (κ2) is 4.36. The first kappa shape index (κ1) is 10.2. The van der Waals surface area contributed by atoms with E-state index >= 15 is 0 Å². The van der Waals surface area contributed by atoms with E-state index in [1.165, 1.54) is 11.9 Å². The van der Waals surface area contributed by atoms with E-state index in [1.54, 1.807) is 24.3 Å². The van der Waals surface area contributed by atoms with Gasteiger partial charge in [-0.2, -0.15) is 0 Å². The molecule has 1 aromatic carbocycles. The summed E-state index contributed by atoms with van der Waals surface area (Å²) in [6.07, 6.45) is 0. The zero-order valence-corrected chi connectivity index (χ0v) is 7.71. The minimum Gasteiger partial charge on any atom is -0.310 e. The van der Waals surface area contributed by atoms with E-state index in [9.17, 15) is 14.9 Å². The summed E-state index contributed by atoms with van der Waals surface area (Å²) in [5.74, 6) is -0.527. The second-order valence-corrected chi connectivity index (χ2v) is 2.78. The molecule has 0 N–H and O–H groups in total. The number of carbonyl (C=O) groups is 1. The van der Waals surface area contributed by atoms with Crippen molar-refractivity contribution in [1.82, 2.24) is 0 Å². The lowest BCUT2D eigenvalue weighted by atomic mass is 10.3. The molecule has 14 heavy (non-hydrogen) atoms. The number of hydrogen-bond donors (Lipinski definition) is 0. The number of hydrogen-bond acceptors (Lipinski definition) is 3. The highest BCUT2D eigenvalue weighted by molar-refractivity contribution is 5.93. The van der Waals surface area contributed by atoms with Gasteiger partial charge in [-0.3, -0.25) is 14.9 Å². The molecular weight excluding hydrogens is 184 g/mol. The van der Waals surface area contributed by atoms with Gasteiger partial charge >= 0.3 is 0 Å². The Balaban J connectivity index is 2.71. The molecule has 0 aromatic heterocycles. The van der Waals surface area contributed by atoms with Crippen molar-refractivity contribution in [3.8, 4) is 0 Å². The molecule has 0 saturated heterocycles. The standard InChI is InChI=1S/C9H10N2O3/c1-10(9(12)7-11(13)14)8-5-3-2-4-6-8/h2-6H,7H2,1H3. The quantitative estimate of drug-likeness (QED) is 0.531. The fourth-order valence-electron chi connectivity index (χ4n) is 1.01. The smallest absolute Gasteiger partial charge is 0.298 e. The highest BCUT2D eigenvalue weighted by Gasteiger charge is 2.15. The number of rotatable bonds is 3. The molecule has 5 nitrogen and oxygen atoms in total. The monoisotopic (exact) mass is 194 g/mol. The average molecular weight is 194 g/mol. The molecule has 0 heterocycles. The number of likely N-dealkylation sites (N-methyl/N-ethyl adjacent to an activating group) is 1. The van der Waals surface area contributed by atoms with E-state index in [0.717, 1.165) is 0 Å². The Morgan fingerprint density at radius 1 is 1.43 bits per heavy atom. The van der Waals surface area contributed by atoms with Crippen LogP contribution in [0, 0.1) is 10.1 Å². The van der Waals surface area contributed by atoms with E-state index in [-0.39, 0.29) is 0 Å². The van der Waals surface area contributed by atoms with Gasteiger partial charge in [0.15, 0.2) is 0 Å². The van der Waals surface area contributed by atoms with Gasteiger partial charge in [0, 0.05) is 17.7 Å². The molecule has 0 bridgehead atoms. The first-order chi connectivity index (χ1) is 6.61. The summed E-state index contributed by atoms with van der Waals surface area (Å²) in [7, 11) is 1.52. The normalized spacial score (nSPS) is 9.50. The number of benzene rings is 1. The highest BCUT2D eigenvalue weighted by Crippen LogP contribution is 2.10. The Morgan fingerprint density at radius 3 is 2.50 bits per heavy atom. The molecule has 0 unspecified atom stereocenters. The topological polar surface area (TPSA) is 63.5 Å². The number of nitrogens with zero attached hydrogens (tertiary/aromatic N) is 2. The Kier molecular flexibility index (Phi) is 3.17. The lowest BCUT2D eigenvalue weighted by Gasteiger charge is -2.14. The lowest BCUT2D eigenvalue weighted by Crippen LogP contribution is -2.31. The van der Waals surface area contributed by atoms with Gasteiger partial charge in [-0.1, -0.05) is 18.2 Å². The second-order valence-electron chi connectivity index (χ2n) is 2.78. The van der Waals surface area contributed by atoms with Crippen LogP contribution in [0.2, 0.25) is 0 Å². The molecule has 0 spiro atoms. The summed E-state index contributed by atoms with van der Waals surface area (Å²) in [6, 6.07) is 8.79. The van der Waals surface area contributed by atoms with Crippen LogP contribution in [0.25, 0.3) is 0 Å². The number of para-hydroxylation sites is 1. The van der Waals surface area contributed by atoms with Crippen LogP contribution in [0.15, 0.2) is 30.3 Å². The van der Waals surface area contributed by atoms with Crippen molar-refractivity contribution in [2.24, 2.45) is 0 Å². The Labute approximate surface area is 81.1 Å². The van der Waals surface area contributed by atoms with Gasteiger partial charge in [-0.05, 0) is 12.1 Å². The maximum Gasteiger partial charge on any atom is 0.298 e. The van der Waals surface area contributed by atoms with Gasteiger partial charge in [0.05, 0.1) is 0 Å². The zero-order valence-electron chi connectivity index (χ0n) is 7.71. The summed E-state index contributed by atoms with van der Waals surface area (Å²) >= 11 is 0.